The highest BCUT2D eigenvalue weighted by Gasteiger charge is 2.27. The number of halogens is 6. The summed E-state index contributed by atoms with van der Waals surface area (Å²) < 4.78 is -0.836. The Morgan fingerprint density at radius 1 is 0.556 bits per heavy atom. The molecular weight excluding hydrogens is 624 g/mol. The molecule has 2 aromatic rings. The first kappa shape index (κ1) is 16.0. The summed E-state index contributed by atoms with van der Waals surface area (Å²) in [7, 11) is 0. The van der Waals surface area contributed by atoms with Gasteiger partial charge in [0.05, 0.1) is 0 Å². The Labute approximate surface area is 156 Å². The number of hydrogen-bond acceptors (Lipinski definition) is 0. The van der Waals surface area contributed by atoms with Crippen LogP contribution in [0.2, 0.25) is 0 Å². The quantitative estimate of drug-likeness (QED) is 0.266. The molecule has 0 aliphatic rings. The Morgan fingerprint density at radius 3 is 1.17 bits per heavy atom. The average Bonchev–Trinajstić information content (AvgIpc) is 2.24. The molecule has 0 aliphatic heterocycles. The summed E-state index contributed by atoms with van der Waals surface area (Å²) in [5.41, 5.74) is 2.25. The highest BCUT2D eigenvalue weighted by Crippen LogP contribution is 2.50. The Hall–Kier alpha value is 1.58. The minimum Gasteiger partial charge on any atom is -0.0612 e. The summed E-state index contributed by atoms with van der Waals surface area (Å²) in [5, 5.41) is 2.34. The minimum absolute atomic E-state index is 0.418. The number of hydrogen-bond donors (Lipinski definition) is 0. The molecule has 0 aliphatic carbocycles. The predicted molar refractivity (Wildman–Crippen MR) is 101 cm³/mol. The molecular formula is C12H6Br6. The Balaban J connectivity index is 2.82. The molecule has 6 heteroatoms. The summed E-state index contributed by atoms with van der Waals surface area (Å²) in [6.07, 6.45) is 0. The molecule has 2 rings (SSSR count). The third-order valence-corrected chi connectivity index (χ3v) is 5.10. The molecule has 2 aromatic carbocycles. The first-order valence-electron chi connectivity index (χ1n) is 4.87. The lowest BCUT2D eigenvalue weighted by atomic mass is 10.0. The van der Waals surface area contributed by atoms with E-state index < -0.39 is 4.29 Å². The van der Waals surface area contributed by atoms with Gasteiger partial charge in [-0.15, -0.1) is 0 Å². The molecule has 0 fully saturated rings. The number of fused-ring (bicyclic) bond motifs is 1. The molecule has 0 spiro atoms. The van der Waals surface area contributed by atoms with Crippen LogP contribution in [0.3, 0.4) is 0 Å². The molecule has 0 N–H and O–H groups in total. The van der Waals surface area contributed by atoms with E-state index in [1.54, 1.807) is 0 Å². The summed E-state index contributed by atoms with van der Waals surface area (Å²) >= 11 is 21.5. The topological polar surface area (TPSA) is 0 Å². The van der Waals surface area contributed by atoms with Crippen molar-refractivity contribution in [2.24, 2.45) is 0 Å². The van der Waals surface area contributed by atoms with Gasteiger partial charge in [0, 0.05) is 0 Å². The van der Waals surface area contributed by atoms with Crippen LogP contribution in [-0.2, 0) is 4.29 Å². The van der Waals surface area contributed by atoms with Gasteiger partial charge < -0.3 is 0 Å². The van der Waals surface area contributed by atoms with Gasteiger partial charge in [-0.2, -0.15) is 0 Å². The van der Waals surface area contributed by atoms with Crippen LogP contribution >= 0.6 is 95.6 Å². The van der Waals surface area contributed by atoms with Gasteiger partial charge in [-0.05, 0) is 21.9 Å². The van der Waals surface area contributed by atoms with Gasteiger partial charge in [0.15, 0.2) is 4.29 Å². The smallest absolute Gasteiger partial charge is 0.0612 e. The highest BCUT2D eigenvalue weighted by molar-refractivity contribution is 9.39. The number of alkyl halides is 6. The number of benzene rings is 2. The summed E-state index contributed by atoms with van der Waals surface area (Å²) in [4.78, 5) is 0. The van der Waals surface area contributed by atoms with Crippen LogP contribution in [0, 0.1) is 0 Å². The van der Waals surface area contributed by atoms with E-state index in [2.05, 4.69) is 120 Å². The van der Waals surface area contributed by atoms with Crippen molar-refractivity contribution in [3.8, 4) is 0 Å². The average molecular weight is 630 g/mol. The molecule has 0 atom stereocenters. The summed E-state index contributed by atoms with van der Waals surface area (Å²) in [6, 6.07) is 12.4. The normalized spacial score (nSPS) is 13.0. The van der Waals surface area contributed by atoms with Crippen molar-refractivity contribution in [3.05, 3.63) is 47.5 Å². The van der Waals surface area contributed by atoms with Crippen molar-refractivity contribution < 1.29 is 0 Å². The second-order valence-electron chi connectivity index (χ2n) is 3.70. The first-order chi connectivity index (χ1) is 8.21. The van der Waals surface area contributed by atoms with Crippen molar-refractivity contribution in [1.29, 1.82) is 0 Å². The first-order valence-corrected chi connectivity index (χ1v) is 9.63. The number of rotatable bonds is 0. The largest absolute Gasteiger partial charge is 0.160 e. The van der Waals surface area contributed by atoms with Crippen molar-refractivity contribution in [2.75, 3.05) is 0 Å². The standard InChI is InChI=1S/C12H6Br6/c13-11(14,15)9-5-1-3-7-8(9)4-2-6-10(7)12(16,17)18/h1-6H. The molecule has 0 nitrogen and oxygen atoms in total. The Morgan fingerprint density at radius 2 is 0.889 bits per heavy atom. The predicted octanol–water partition coefficient (Wildman–Crippen LogP) is 7.43. The van der Waals surface area contributed by atoms with E-state index >= 15 is 0 Å². The molecule has 96 valence electrons. The van der Waals surface area contributed by atoms with Crippen LogP contribution in [-0.4, -0.2) is 0 Å². The van der Waals surface area contributed by atoms with Crippen molar-refractivity contribution in [2.45, 2.75) is 4.29 Å². The van der Waals surface area contributed by atoms with E-state index in [9.17, 15) is 0 Å². The van der Waals surface area contributed by atoms with E-state index in [1.165, 1.54) is 10.8 Å². The maximum atomic E-state index is 3.58. The second kappa shape index (κ2) is 5.76. The van der Waals surface area contributed by atoms with E-state index in [4.69, 9.17) is 0 Å². The third kappa shape index (κ3) is 3.42. The zero-order chi connectivity index (χ0) is 13.6. The molecule has 0 heterocycles. The van der Waals surface area contributed by atoms with Gasteiger partial charge in [0.1, 0.15) is 0 Å². The van der Waals surface area contributed by atoms with Crippen LogP contribution in [0.4, 0.5) is 0 Å². The highest BCUT2D eigenvalue weighted by atomic mass is 80.0. The van der Waals surface area contributed by atoms with Gasteiger partial charge >= 0.3 is 0 Å². The fourth-order valence-corrected chi connectivity index (χ4v) is 3.88. The zero-order valence-electron chi connectivity index (χ0n) is 8.73. The van der Waals surface area contributed by atoms with E-state index in [0.717, 1.165) is 11.1 Å². The van der Waals surface area contributed by atoms with Gasteiger partial charge in [0.25, 0.3) is 0 Å². The van der Waals surface area contributed by atoms with Crippen LogP contribution in [0.15, 0.2) is 36.4 Å². The SMILES string of the molecule is BrC(Br)(Br)c1cccc2c(C(Br)(Br)Br)cccc12. The monoisotopic (exact) mass is 624 g/mol. The molecule has 0 aromatic heterocycles. The van der Waals surface area contributed by atoms with Crippen LogP contribution < -0.4 is 0 Å². The van der Waals surface area contributed by atoms with Gasteiger partial charge in [0.2, 0.25) is 0 Å². The molecule has 18 heavy (non-hydrogen) atoms. The lowest BCUT2D eigenvalue weighted by molar-refractivity contribution is 1.37. The van der Waals surface area contributed by atoms with Gasteiger partial charge in [-0.3, -0.25) is 0 Å². The van der Waals surface area contributed by atoms with Crippen LogP contribution in [0.25, 0.3) is 10.8 Å². The van der Waals surface area contributed by atoms with Crippen molar-refractivity contribution in [1.82, 2.24) is 0 Å². The zero-order valence-corrected chi connectivity index (χ0v) is 18.2. The summed E-state index contributed by atoms with van der Waals surface area (Å²) in [6.45, 7) is 0. The minimum atomic E-state index is -0.418. The van der Waals surface area contributed by atoms with E-state index in [-0.39, 0.29) is 0 Å². The van der Waals surface area contributed by atoms with Gasteiger partial charge in [-0.25, -0.2) is 0 Å². The molecule has 0 saturated carbocycles. The fraction of sp³-hybridized carbons (Fsp3) is 0.167. The summed E-state index contributed by atoms with van der Waals surface area (Å²) in [5.74, 6) is 0. The second-order valence-corrected chi connectivity index (χ2v) is 17.2. The van der Waals surface area contributed by atoms with Crippen LogP contribution in [0.1, 0.15) is 11.1 Å². The molecule has 0 saturated heterocycles. The van der Waals surface area contributed by atoms with Crippen molar-refractivity contribution >= 4 is 106 Å². The van der Waals surface area contributed by atoms with Crippen molar-refractivity contribution in [3.63, 3.8) is 0 Å². The maximum Gasteiger partial charge on any atom is 0.160 e. The Kier molecular flexibility index (Phi) is 5.11. The molecule has 0 amide bonds. The molecule has 0 radical (unpaired) electrons. The van der Waals surface area contributed by atoms with Crippen LogP contribution in [0.5, 0.6) is 0 Å². The van der Waals surface area contributed by atoms with E-state index in [0.29, 0.717) is 0 Å². The van der Waals surface area contributed by atoms with Gasteiger partial charge in [-0.1, -0.05) is 132 Å². The van der Waals surface area contributed by atoms with E-state index in [1.807, 2.05) is 12.1 Å². The Bertz CT molecular complexity index is 526. The lowest BCUT2D eigenvalue weighted by Crippen LogP contribution is -2.03. The fourth-order valence-electron chi connectivity index (χ4n) is 1.80. The lowest BCUT2D eigenvalue weighted by Gasteiger charge is -2.20. The maximum absolute atomic E-state index is 3.58. The third-order valence-electron chi connectivity index (χ3n) is 2.53. The molecule has 0 bridgehead atoms. The molecule has 0 unspecified atom stereocenters.